The Hall–Kier alpha value is -3.31. The first-order chi connectivity index (χ1) is 16.3. The molecule has 0 aromatic heterocycles. The van der Waals surface area contributed by atoms with Gasteiger partial charge in [0.05, 0.1) is 17.1 Å². The van der Waals surface area contributed by atoms with Gasteiger partial charge in [0.2, 0.25) is 15.9 Å². The zero-order valence-electron chi connectivity index (χ0n) is 18.7. The highest BCUT2D eigenvalue weighted by Gasteiger charge is 2.37. The molecule has 0 spiro atoms. The van der Waals surface area contributed by atoms with Gasteiger partial charge in [-0.2, -0.15) is 4.31 Å². The van der Waals surface area contributed by atoms with Crippen molar-refractivity contribution >= 4 is 27.5 Å². The summed E-state index contributed by atoms with van der Waals surface area (Å²) < 4.78 is 44.6. The molecule has 0 N–H and O–H groups in total. The van der Waals surface area contributed by atoms with Gasteiger partial charge in [-0.05, 0) is 24.3 Å². The van der Waals surface area contributed by atoms with E-state index in [9.17, 15) is 18.0 Å². The number of amides is 2. The van der Waals surface area contributed by atoms with Crippen molar-refractivity contribution in [3.8, 4) is 17.2 Å². The van der Waals surface area contributed by atoms with Crippen LogP contribution in [0.4, 0.5) is 5.69 Å². The summed E-state index contributed by atoms with van der Waals surface area (Å²) in [5.74, 6) is 0.961. The van der Waals surface area contributed by atoms with Crippen molar-refractivity contribution in [1.82, 2.24) is 9.21 Å². The van der Waals surface area contributed by atoms with Crippen LogP contribution in [0, 0.1) is 0 Å². The largest absolute Gasteiger partial charge is 0.486 e. The highest BCUT2D eigenvalue weighted by molar-refractivity contribution is 7.89. The van der Waals surface area contributed by atoms with Gasteiger partial charge in [0.25, 0.3) is 5.91 Å². The SMILES string of the molecule is CC(=O)N1C[C@H](C(=O)N2CCN(S(=O)(=O)c3ccc4c(c3)OCCO4)CC2)Oc2ccccc21. The number of piperazine rings is 1. The number of ether oxygens (including phenoxy) is 3. The molecule has 2 aromatic rings. The molecule has 10 nitrogen and oxygen atoms in total. The van der Waals surface area contributed by atoms with Gasteiger partial charge in [0.15, 0.2) is 17.6 Å². The molecular weight excluding hydrogens is 462 g/mol. The average molecular weight is 488 g/mol. The van der Waals surface area contributed by atoms with Crippen molar-refractivity contribution < 1.29 is 32.2 Å². The third kappa shape index (κ3) is 4.05. The Morgan fingerprint density at radius 3 is 2.35 bits per heavy atom. The number of hydrogen-bond donors (Lipinski definition) is 0. The highest BCUT2D eigenvalue weighted by atomic mass is 32.2. The molecule has 180 valence electrons. The van der Waals surface area contributed by atoms with Crippen molar-refractivity contribution in [1.29, 1.82) is 0 Å². The molecule has 0 bridgehead atoms. The van der Waals surface area contributed by atoms with E-state index in [2.05, 4.69) is 0 Å². The highest BCUT2D eigenvalue weighted by Crippen LogP contribution is 2.35. The molecular formula is C23H25N3O7S. The van der Waals surface area contributed by atoms with Crippen molar-refractivity contribution in [3.63, 3.8) is 0 Å². The van der Waals surface area contributed by atoms with E-state index in [1.807, 2.05) is 6.07 Å². The van der Waals surface area contributed by atoms with E-state index in [-0.39, 0.29) is 49.4 Å². The summed E-state index contributed by atoms with van der Waals surface area (Å²) in [5.41, 5.74) is 0.634. The number of benzene rings is 2. The van der Waals surface area contributed by atoms with Crippen LogP contribution in [-0.4, -0.2) is 81.5 Å². The fraction of sp³-hybridized carbons (Fsp3) is 0.391. The molecule has 2 amide bonds. The predicted octanol–water partition coefficient (Wildman–Crippen LogP) is 1.10. The maximum Gasteiger partial charge on any atom is 0.265 e. The molecule has 0 unspecified atom stereocenters. The van der Waals surface area contributed by atoms with E-state index in [1.165, 1.54) is 28.3 Å². The molecule has 0 aliphatic carbocycles. The summed E-state index contributed by atoms with van der Waals surface area (Å²) in [6.45, 7) is 3.12. The topological polar surface area (TPSA) is 106 Å². The van der Waals surface area contributed by atoms with Crippen molar-refractivity contribution in [2.24, 2.45) is 0 Å². The Labute approximate surface area is 197 Å². The monoisotopic (exact) mass is 487 g/mol. The molecule has 34 heavy (non-hydrogen) atoms. The van der Waals surface area contributed by atoms with E-state index >= 15 is 0 Å². The Morgan fingerprint density at radius 1 is 0.912 bits per heavy atom. The lowest BCUT2D eigenvalue weighted by Crippen LogP contribution is -2.56. The Kier molecular flexibility index (Phi) is 5.82. The van der Waals surface area contributed by atoms with Gasteiger partial charge in [0, 0.05) is 39.2 Å². The van der Waals surface area contributed by atoms with Gasteiger partial charge in [0.1, 0.15) is 19.0 Å². The van der Waals surface area contributed by atoms with Crippen LogP contribution in [0.3, 0.4) is 0 Å². The number of fused-ring (bicyclic) bond motifs is 2. The molecule has 1 saturated heterocycles. The molecule has 2 aromatic carbocycles. The molecule has 0 saturated carbocycles. The predicted molar refractivity (Wildman–Crippen MR) is 122 cm³/mol. The van der Waals surface area contributed by atoms with Crippen LogP contribution >= 0.6 is 0 Å². The van der Waals surface area contributed by atoms with Crippen LogP contribution in [0.5, 0.6) is 17.2 Å². The van der Waals surface area contributed by atoms with Crippen molar-refractivity contribution in [2.45, 2.75) is 17.9 Å². The zero-order chi connectivity index (χ0) is 23.9. The molecule has 1 atom stereocenters. The van der Waals surface area contributed by atoms with Crippen LogP contribution in [0.15, 0.2) is 47.4 Å². The zero-order valence-corrected chi connectivity index (χ0v) is 19.5. The number of carbonyl (C=O) groups is 2. The third-order valence-electron chi connectivity index (χ3n) is 6.13. The minimum Gasteiger partial charge on any atom is -0.486 e. The van der Waals surface area contributed by atoms with Gasteiger partial charge in [-0.25, -0.2) is 8.42 Å². The minimum atomic E-state index is -3.75. The van der Waals surface area contributed by atoms with E-state index in [4.69, 9.17) is 14.2 Å². The lowest BCUT2D eigenvalue weighted by atomic mass is 10.1. The number of hydrogen-bond acceptors (Lipinski definition) is 7. The fourth-order valence-electron chi connectivity index (χ4n) is 4.35. The molecule has 3 aliphatic rings. The number of anilines is 1. The number of carbonyl (C=O) groups excluding carboxylic acids is 2. The second-order valence-electron chi connectivity index (χ2n) is 8.24. The Bertz CT molecular complexity index is 1220. The smallest absolute Gasteiger partial charge is 0.265 e. The van der Waals surface area contributed by atoms with Crippen LogP contribution in [0.1, 0.15) is 6.92 Å². The Balaban J connectivity index is 1.26. The van der Waals surface area contributed by atoms with E-state index in [0.29, 0.717) is 36.1 Å². The summed E-state index contributed by atoms with van der Waals surface area (Å²) in [5, 5.41) is 0. The summed E-state index contributed by atoms with van der Waals surface area (Å²) >= 11 is 0. The maximum atomic E-state index is 13.2. The molecule has 0 radical (unpaired) electrons. The molecule has 3 aliphatic heterocycles. The molecule has 3 heterocycles. The lowest BCUT2D eigenvalue weighted by molar-refractivity contribution is -0.140. The molecule has 1 fully saturated rings. The summed E-state index contributed by atoms with van der Waals surface area (Å²) in [4.78, 5) is 28.6. The maximum absolute atomic E-state index is 13.2. The summed E-state index contributed by atoms with van der Waals surface area (Å²) in [6.07, 6.45) is -0.847. The number of para-hydroxylation sites is 2. The van der Waals surface area contributed by atoms with Crippen LogP contribution < -0.4 is 19.1 Å². The third-order valence-corrected chi connectivity index (χ3v) is 8.03. The number of nitrogens with zero attached hydrogens (tertiary/aromatic N) is 3. The quantitative estimate of drug-likeness (QED) is 0.639. The first-order valence-electron chi connectivity index (χ1n) is 11.1. The molecule has 5 rings (SSSR count). The van der Waals surface area contributed by atoms with Gasteiger partial charge in [-0.15, -0.1) is 0 Å². The van der Waals surface area contributed by atoms with Crippen LogP contribution in [0.2, 0.25) is 0 Å². The molecule has 11 heteroatoms. The van der Waals surface area contributed by atoms with Gasteiger partial charge >= 0.3 is 0 Å². The van der Waals surface area contributed by atoms with Gasteiger partial charge in [-0.1, -0.05) is 12.1 Å². The van der Waals surface area contributed by atoms with Gasteiger partial charge in [-0.3, -0.25) is 9.59 Å². The van der Waals surface area contributed by atoms with E-state index in [1.54, 1.807) is 29.2 Å². The average Bonchev–Trinajstić information content (AvgIpc) is 2.87. The van der Waals surface area contributed by atoms with Gasteiger partial charge < -0.3 is 24.0 Å². The lowest BCUT2D eigenvalue weighted by Gasteiger charge is -2.39. The van der Waals surface area contributed by atoms with E-state index < -0.39 is 16.1 Å². The fourth-order valence-corrected chi connectivity index (χ4v) is 5.79. The second-order valence-corrected chi connectivity index (χ2v) is 10.2. The van der Waals surface area contributed by atoms with Crippen molar-refractivity contribution in [3.05, 3.63) is 42.5 Å². The van der Waals surface area contributed by atoms with E-state index in [0.717, 1.165) is 0 Å². The standard InChI is InChI=1S/C23H25N3O7S/c1-16(27)26-15-22(33-19-5-3-2-4-18(19)26)23(28)24-8-10-25(11-9-24)34(29,30)17-6-7-20-21(14-17)32-13-12-31-20/h2-7,14,22H,8-13,15H2,1H3/t22-/m1/s1. The number of sulfonamides is 1. The summed E-state index contributed by atoms with van der Waals surface area (Å²) in [7, 11) is -3.75. The summed E-state index contributed by atoms with van der Waals surface area (Å²) in [6, 6.07) is 11.7. The van der Waals surface area contributed by atoms with Crippen LogP contribution in [-0.2, 0) is 19.6 Å². The first-order valence-corrected chi connectivity index (χ1v) is 12.5. The first kappa shape index (κ1) is 22.5. The number of rotatable bonds is 3. The van der Waals surface area contributed by atoms with Crippen molar-refractivity contribution in [2.75, 3.05) is 50.8 Å². The normalized spacial score (nSPS) is 20.3. The minimum absolute atomic E-state index is 0.112. The Morgan fingerprint density at radius 2 is 1.62 bits per heavy atom. The second kappa shape index (κ2) is 8.80. The van der Waals surface area contributed by atoms with Crippen LogP contribution in [0.25, 0.3) is 0 Å².